The summed E-state index contributed by atoms with van der Waals surface area (Å²) in [4.78, 5) is 12.8. The molecule has 1 fully saturated rings. The van der Waals surface area contributed by atoms with E-state index in [1.165, 1.54) is 0 Å². The minimum absolute atomic E-state index is 0.140. The predicted molar refractivity (Wildman–Crippen MR) is 72.1 cm³/mol. The van der Waals surface area contributed by atoms with Gasteiger partial charge < -0.3 is 5.32 Å². The smallest absolute Gasteiger partial charge is 0.189 e. The monoisotopic (exact) mass is 269 g/mol. The Kier molecular flexibility index (Phi) is 4.07. The van der Waals surface area contributed by atoms with Gasteiger partial charge in [0.2, 0.25) is 0 Å². The van der Waals surface area contributed by atoms with E-state index >= 15 is 0 Å². The van der Waals surface area contributed by atoms with Crippen LogP contribution in [0.15, 0.2) is 6.20 Å². The summed E-state index contributed by atoms with van der Waals surface area (Å²) in [6.45, 7) is 6.45. The molecule has 1 N–H and O–H groups in total. The number of hydrogen-bond donors (Lipinski definition) is 1. The molecule has 1 unspecified atom stereocenters. The Morgan fingerprint density at radius 3 is 2.94 bits per heavy atom. The molecule has 0 saturated carbocycles. The van der Waals surface area contributed by atoms with E-state index in [0.717, 1.165) is 32.4 Å². The highest BCUT2D eigenvalue weighted by molar-refractivity contribution is 6.33. The summed E-state index contributed by atoms with van der Waals surface area (Å²) in [6.07, 6.45) is 4.37. The first-order valence-corrected chi connectivity index (χ1v) is 6.99. The van der Waals surface area contributed by atoms with E-state index in [9.17, 15) is 4.79 Å². The summed E-state index contributed by atoms with van der Waals surface area (Å²) in [7, 11) is 0. The molecule has 1 saturated heterocycles. The van der Waals surface area contributed by atoms with Crippen LogP contribution in [0.2, 0.25) is 5.02 Å². The minimum atomic E-state index is -0.311. The van der Waals surface area contributed by atoms with Gasteiger partial charge in [-0.15, -0.1) is 0 Å². The molecule has 100 valence electrons. The molecule has 4 nitrogen and oxygen atoms in total. The lowest BCUT2D eigenvalue weighted by molar-refractivity contribution is 0.0718. The van der Waals surface area contributed by atoms with Gasteiger partial charge in [0.1, 0.15) is 5.69 Å². The average Bonchev–Trinajstić information content (AvgIpc) is 2.79. The van der Waals surface area contributed by atoms with Crippen LogP contribution in [-0.4, -0.2) is 28.7 Å². The summed E-state index contributed by atoms with van der Waals surface area (Å²) in [5, 5.41) is 7.96. The Balaban J connectivity index is 2.36. The first-order valence-electron chi connectivity index (χ1n) is 6.61. The first-order chi connectivity index (χ1) is 8.64. The molecule has 1 atom stereocenters. The molecule has 0 bridgehead atoms. The molecule has 0 aliphatic carbocycles. The van der Waals surface area contributed by atoms with E-state index in [0.29, 0.717) is 17.3 Å². The van der Waals surface area contributed by atoms with Crippen molar-refractivity contribution in [3.05, 3.63) is 16.9 Å². The number of nitrogens with one attached hydrogen (secondary N) is 1. The van der Waals surface area contributed by atoms with Crippen molar-refractivity contribution < 1.29 is 4.79 Å². The number of Topliss-reactive ketones (excluding diaryl/α,β-unsaturated/α-hetero) is 1. The van der Waals surface area contributed by atoms with Crippen LogP contribution in [0.1, 0.15) is 43.6 Å². The second-order valence-electron chi connectivity index (χ2n) is 4.90. The van der Waals surface area contributed by atoms with Crippen molar-refractivity contribution in [2.75, 3.05) is 13.1 Å². The van der Waals surface area contributed by atoms with Crippen LogP contribution in [-0.2, 0) is 6.54 Å². The zero-order valence-electron chi connectivity index (χ0n) is 11.0. The van der Waals surface area contributed by atoms with Crippen LogP contribution in [0.3, 0.4) is 0 Å². The quantitative estimate of drug-likeness (QED) is 0.855. The van der Waals surface area contributed by atoms with Crippen molar-refractivity contribution in [1.29, 1.82) is 0 Å². The Labute approximate surface area is 113 Å². The number of hydrogen-bond acceptors (Lipinski definition) is 3. The average molecular weight is 270 g/mol. The van der Waals surface area contributed by atoms with Gasteiger partial charge in [0.15, 0.2) is 5.78 Å². The largest absolute Gasteiger partial charge is 0.316 e. The van der Waals surface area contributed by atoms with Crippen LogP contribution >= 0.6 is 11.6 Å². The molecule has 0 amide bonds. The maximum Gasteiger partial charge on any atom is 0.189 e. The van der Waals surface area contributed by atoms with Crippen LogP contribution in [0.25, 0.3) is 0 Å². The van der Waals surface area contributed by atoms with Crippen molar-refractivity contribution in [2.24, 2.45) is 5.41 Å². The Morgan fingerprint density at radius 2 is 2.39 bits per heavy atom. The van der Waals surface area contributed by atoms with Gasteiger partial charge in [0.25, 0.3) is 0 Å². The first kappa shape index (κ1) is 13.6. The lowest BCUT2D eigenvalue weighted by atomic mass is 9.74. The van der Waals surface area contributed by atoms with E-state index in [-0.39, 0.29) is 11.2 Å². The van der Waals surface area contributed by atoms with Gasteiger partial charge in [-0.3, -0.25) is 9.48 Å². The molecule has 2 rings (SSSR count). The summed E-state index contributed by atoms with van der Waals surface area (Å²) >= 11 is 6.13. The van der Waals surface area contributed by atoms with Gasteiger partial charge in [0.05, 0.1) is 11.2 Å². The van der Waals surface area contributed by atoms with Gasteiger partial charge in [-0.2, -0.15) is 5.10 Å². The van der Waals surface area contributed by atoms with Crippen molar-refractivity contribution >= 4 is 17.4 Å². The highest BCUT2D eigenvalue weighted by atomic mass is 35.5. The minimum Gasteiger partial charge on any atom is -0.316 e. The molecule has 0 spiro atoms. The zero-order chi connectivity index (χ0) is 13.2. The summed E-state index contributed by atoms with van der Waals surface area (Å²) in [5.74, 6) is 0.140. The Bertz CT molecular complexity index is 435. The van der Waals surface area contributed by atoms with Crippen molar-refractivity contribution in [1.82, 2.24) is 15.1 Å². The Hall–Kier alpha value is -0.870. The van der Waals surface area contributed by atoms with E-state index in [2.05, 4.69) is 17.3 Å². The SMILES string of the molecule is CCn1ncc(Cl)c1C(=O)C1(CC)CCCNC1. The number of ketones is 1. The molecule has 1 aliphatic heterocycles. The maximum atomic E-state index is 12.8. The highest BCUT2D eigenvalue weighted by Gasteiger charge is 2.40. The third-order valence-corrected chi connectivity index (χ3v) is 4.22. The highest BCUT2D eigenvalue weighted by Crippen LogP contribution is 2.35. The van der Waals surface area contributed by atoms with Crippen LogP contribution in [0, 0.1) is 5.41 Å². The lowest BCUT2D eigenvalue weighted by Crippen LogP contribution is -2.45. The third kappa shape index (κ3) is 2.19. The van der Waals surface area contributed by atoms with Gasteiger partial charge >= 0.3 is 0 Å². The predicted octanol–water partition coefficient (Wildman–Crippen LogP) is 2.52. The van der Waals surface area contributed by atoms with Crippen molar-refractivity contribution in [2.45, 2.75) is 39.7 Å². The molecule has 1 aromatic heterocycles. The molecule has 1 aromatic rings. The zero-order valence-corrected chi connectivity index (χ0v) is 11.8. The third-order valence-electron chi connectivity index (χ3n) is 3.94. The molecule has 0 radical (unpaired) electrons. The molecular formula is C13H20ClN3O. The van der Waals surface area contributed by atoms with E-state index in [4.69, 9.17) is 11.6 Å². The van der Waals surface area contributed by atoms with Crippen LogP contribution in [0.4, 0.5) is 0 Å². The number of nitrogens with zero attached hydrogens (tertiary/aromatic N) is 2. The number of rotatable bonds is 4. The van der Waals surface area contributed by atoms with E-state index < -0.39 is 0 Å². The molecule has 2 heterocycles. The van der Waals surface area contributed by atoms with E-state index in [1.807, 2.05) is 6.92 Å². The van der Waals surface area contributed by atoms with Gasteiger partial charge in [-0.05, 0) is 32.7 Å². The topological polar surface area (TPSA) is 46.9 Å². The fourth-order valence-electron chi connectivity index (χ4n) is 2.70. The number of carbonyl (C=O) groups excluding carboxylic acids is 1. The normalized spacial score (nSPS) is 24.2. The lowest BCUT2D eigenvalue weighted by Gasteiger charge is -2.35. The summed E-state index contributed by atoms with van der Waals surface area (Å²) in [6, 6.07) is 0. The fourth-order valence-corrected chi connectivity index (χ4v) is 2.93. The van der Waals surface area contributed by atoms with Gasteiger partial charge in [-0.1, -0.05) is 18.5 Å². The number of piperidine rings is 1. The van der Waals surface area contributed by atoms with E-state index in [1.54, 1.807) is 10.9 Å². The number of aromatic nitrogens is 2. The number of halogens is 1. The maximum absolute atomic E-state index is 12.8. The van der Waals surface area contributed by atoms with Crippen molar-refractivity contribution in [3.8, 4) is 0 Å². The molecule has 1 aliphatic rings. The molecule has 0 aromatic carbocycles. The Morgan fingerprint density at radius 1 is 1.61 bits per heavy atom. The van der Waals surface area contributed by atoms with Crippen LogP contribution in [0.5, 0.6) is 0 Å². The second kappa shape index (κ2) is 5.41. The number of aryl methyl sites for hydroxylation is 1. The van der Waals surface area contributed by atoms with Crippen LogP contribution < -0.4 is 5.32 Å². The summed E-state index contributed by atoms with van der Waals surface area (Å²) < 4.78 is 1.71. The molecular weight excluding hydrogens is 250 g/mol. The van der Waals surface area contributed by atoms with Crippen molar-refractivity contribution in [3.63, 3.8) is 0 Å². The standard InChI is InChI=1S/C13H20ClN3O/c1-3-13(6-5-7-15-9-13)12(18)11-10(14)8-16-17(11)4-2/h8,15H,3-7,9H2,1-2H3. The fraction of sp³-hybridized carbons (Fsp3) is 0.692. The second-order valence-corrected chi connectivity index (χ2v) is 5.31. The van der Waals surface area contributed by atoms with Gasteiger partial charge in [-0.25, -0.2) is 0 Å². The summed E-state index contributed by atoms with van der Waals surface area (Å²) in [5.41, 5.74) is 0.263. The van der Waals surface area contributed by atoms with Gasteiger partial charge in [0, 0.05) is 18.5 Å². The number of carbonyl (C=O) groups is 1. The molecule has 18 heavy (non-hydrogen) atoms. The molecule has 5 heteroatoms.